The Hall–Kier alpha value is -3.39. The average Bonchev–Trinajstić information content (AvgIpc) is 3.27. The molecule has 3 heterocycles. The number of nitrogens with zero attached hydrogens (tertiary/aromatic N) is 3. The molecule has 8 nitrogen and oxygen atoms in total. The van der Waals surface area contributed by atoms with Crippen molar-refractivity contribution in [2.45, 2.75) is 19.0 Å². The van der Waals surface area contributed by atoms with Crippen molar-refractivity contribution < 1.29 is 19.4 Å². The summed E-state index contributed by atoms with van der Waals surface area (Å²) in [4.78, 5) is 22.5. The minimum Gasteiger partial charge on any atom is -0.493 e. The standard InChI is InChI=1S/C20H22N4O2.CH2O2/c1-25-18-8-14-5-7-24(12-16-11-22-13-23-16)20(15-4-3-6-21-10-15)17(14)9-19(18)26-2;2-1-3/h3-4,6,8-11,13,20H,5,7,12H2,1-2H3,(H,22,23);1H,(H,2,3). The van der Waals surface area contributed by atoms with Crippen molar-refractivity contribution in [1.82, 2.24) is 19.9 Å². The van der Waals surface area contributed by atoms with E-state index in [4.69, 9.17) is 19.4 Å². The summed E-state index contributed by atoms with van der Waals surface area (Å²) in [5, 5.41) is 6.89. The second-order valence-electron chi connectivity index (χ2n) is 6.50. The molecule has 0 saturated carbocycles. The van der Waals surface area contributed by atoms with Crippen LogP contribution in [-0.2, 0) is 17.8 Å². The van der Waals surface area contributed by atoms with Crippen LogP contribution in [0.2, 0.25) is 0 Å². The van der Waals surface area contributed by atoms with Crippen molar-refractivity contribution in [1.29, 1.82) is 0 Å². The Morgan fingerprint density at radius 3 is 2.62 bits per heavy atom. The molecule has 1 unspecified atom stereocenters. The monoisotopic (exact) mass is 396 g/mol. The van der Waals surface area contributed by atoms with E-state index in [0.29, 0.717) is 0 Å². The minimum absolute atomic E-state index is 0.107. The molecule has 2 N–H and O–H groups in total. The Kier molecular flexibility index (Phi) is 6.80. The van der Waals surface area contributed by atoms with Crippen LogP contribution in [0.3, 0.4) is 0 Å². The lowest BCUT2D eigenvalue weighted by molar-refractivity contribution is -0.122. The lowest BCUT2D eigenvalue weighted by Gasteiger charge is -2.37. The summed E-state index contributed by atoms with van der Waals surface area (Å²) in [6, 6.07) is 8.42. The quantitative estimate of drug-likeness (QED) is 0.640. The number of methoxy groups -OCH3 is 2. The number of aromatic amines is 1. The van der Waals surface area contributed by atoms with Gasteiger partial charge in [-0.1, -0.05) is 6.07 Å². The van der Waals surface area contributed by atoms with Crippen LogP contribution in [0.1, 0.15) is 28.4 Å². The third-order valence-electron chi connectivity index (χ3n) is 4.90. The van der Waals surface area contributed by atoms with Crippen molar-refractivity contribution in [3.05, 3.63) is 71.6 Å². The van der Waals surface area contributed by atoms with Crippen molar-refractivity contribution in [2.24, 2.45) is 0 Å². The van der Waals surface area contributed by atoms with Gasteiger partial charge in [0.2, 0.25) is 0 Å². The van der Waals surface area contributed by atoms with Crippen molar-refractivity contribution in [2.75, 3.05) is 20.8 Å². The molecule has 0 saturated heterocycles. The second kappa shape index (κ2) is 9.70. The number of fused-ring (bicyclic) bond motifs is 1. The smallest absolute Gasteiger partial charge is 0.290 e. The third kappa shape index (κ3) is 4.55. The van der Waals surface area contributed by atoms with Crippen LogP contribution in [0.25, 0.3) is 0 Å². The fourth-order valence-electron chi connectivity index (χ4n) is 3.69. The van der Waals surface area contributed by atoms with Gasteiger partial charge in [0.05, 0.1) is 26.6 Å². The lowest BCUT2D eigenvalue weighted by Crippen LogP contribution is -2.36. The molecule has 1 aromatic carbocycles. The second-order valence-corrected chi connectivity index (χ2v) is 6.50. The molecule has 0 aliphatic carbocycles. The summed E-state index contributed by atoms with van der Waals surface area (Å²) in [6.07, 6.45) is 8.31. The summed E-state index contributed by atoms with van der Waals surface area (Å²) in [6.45, 7) is 1.49. The van der Waals surface area contributed by atoms with E-state index in [1.165, 1.54) is 16.7 Å². The first-order valence-electron chi connectivity index (χ1n) is 9.15. The van der Waals surface area contributed by atoms with Crippen LogP contribution in [0, 0.1) is 0 Å². The number of benzene rings is 1. The number of rotatable bonds is 5. The molecule has 29 heavy (non-hydrogen) atoms. The molecule has 0 radical (unpaired) electrons. The fourth-order valence-corrected chi connectivity index (χ4v) is 3.69. The van der Waals surface area contributed by atoms with E-state index < -0.39 is 0 Å². The molecule has 0 spiro atoms. The number of carbonyl (C=O) groups is 1. The molecular weight excluding hydrogens is 372 g/mol. The highest BCUT2D eigenvalue weighted by Gasteiger charge is 2.30. The molecule has 2 aromatic heterocycles. The molecule has 152 valence electrons. The summed E-state index contributed by atoms with van der Waals surface area (Å²) >= 11 is 0. The van der Waals surface area contributed by atoms with Gasteiger partial charge in [0.1, 0.15) is 0 Å². The fraction of sp³-hybridized carbons (Fsp3) is 0.286. The number of ether oxygens (including phenoxy) is 2. The van der Waals surface area contributed by atoms with Gasteiger partial charge in [-0.25, -0.2) is 4.98 Å². The Morgan fingerprint density at radius 2 is 2.00 bits per heavy atom. The number of aromatic nitrogens is 3. The van der Waals surface area contributed by atoms with Crippen LogP contribution >= 0.6 is 0 Å². The highest BCUT2D eigenvalue weighted by Crippen LogP contribution is 2.41. The number of carboxylic acid groups (broad SMARTS) is 1. The zero-order valence-corrected chi connectivity index (χ0v) is 16.4. The Bertz CT molecular complexity index is 916. The number of nitrogens with one attached hydrogen (secondary N) is 1. The molecular formula is C21H24N4O4. The van der Waals surface area contributed by atoms with Gasteiger partial charge in [-0.3, -0.25) is 14.7 Å². The van der Waals surface area contributed by atoms with Gasteiger partial charge in [-0.05, 0) is 41.3 Å². The maximum absolute atomic E-state index is 8.36. The first kappa shape index (κ1) is 20.3. The molecule has 3 aromatic rings. The first-order chi connectivity index (χ1) is 14.2. The van der Waals surface area contributed by atoms with Gasteiger partial charge in [-0.15, -0.1) is 0 Å². The van der Waals surface area contributed by atoms with Gasteiger partial charge in [0.25, 0.3) is 6.47 Å². The van der Waals surface area contributed by atoms with Gasteiger partial charge in [-0.2, -0.15) is 0 Å². The van der Waals surface area contributed by atoms with Crippen LogP contribution in [0.5, 0.6) is 11.5 Å². The van der Waals surface area contributed by atoms with E-state index in [0.717, 1.165) is 36.7 Å². The average molecular weight is 396 g/mol. The minimum atomic E-state index is -0.250. The summed E-state index contributed by atoms with van der Waals surface area (Å²) < 4.78 is 11.0. The number of pyridine rings is 1. The number of imidazole rings is 1. The van der Waals surface area contributed by atoms with Crippen molar-refractivity contribution in [3.63, 3.8) is 0 Å². The van der Waals surface area contributed by atoms with Crippen LogP contribution < -0.4 is 9.47 Å². The van der Waals surface area contributed by atoms with E-state index in [9.17, 15) is 0 Å². The highest BCUT2D eigenvalue weighted by molar-refractivity contribution is 5.51. The van der Waals surface area contributed by atoms with Crippen LogP contribution in [-0.4, -0.2) is 52.2 Å². The van der Waals surface area contributed by atoms with E-state index in [-0.39, 0.29) is 12.5 Å². The van der Waals surface area contributed by atoms with E-state index in [1.54, 1.807) is 26.7 Å². The molecule has 1 aliphatic rings. The summed E-state index contributed by atoms with van der Waals surface area (Å²) in [5.41, 5.74) is 4.79. The molecule has 8 heteroatoms. The topological polar surface area (TPSA) is 101 Å². The largest absolute Gasteiger partial charge is 0.493 e. The summed E-state index contributed by atoms with van der Waals surface area (Å²) in [5.74, 6) is 1.53. The zero-order valence-electron chi connectivity index (χ0n) is 16.4. The number of hydrogen-bond donors (Lipinski definition) is 2. The molecule has 0 fully saturated rings. The predicted octanol–water partition coefficient (Wildman–Crippen LogP) is 2.67. The maximum Gasteiger partial charge on any atom is 0.290 e. The van der Waals surface area contributed by atoms with Crippen LogP contribution in [0.15, 0.2) is 49.2 Å². The summed E-state index contributed by atoms with van der Waals surface area (Å²) in [7, 11) is 3.35. The SMILES string of the molecule is COc1cc2c(cc1OC)C(c1cccnc1)N(Cc1cnc[nH]1)CC2.O=CO. The predicted molar refractivity (Wildman–Crippen MR) is 107 cm³/mol. The Balaban J connectivity index is 0.000000755. The molecule has 1 aliphatic heterocycles. The number of H-pyrrole nitrogens is 1. The normalized spacial score (nSPS) is 15.6. The van der Waals surface area contributed by atoms with Crippen molar-refractivity contribution in [3.8, 4) is 11.5 Å². The molecule has 0 amide bonds. The Labute approximate surface area is 169 Å². The van der Waals surface area contributed by atoms with Gasteiger partial charge in [0.15, 0.2) is 11.5 Å². The first-order valence-corrected chi connectivity index (χ1v) is 9.15. The van der Waals surface area contributed by atoms with Gasteiger partial charge < -0.3 is 19.6 Å². The number of hydrogen-bond acceptors (Lipinski definition) is 6. The van der Waals surface area contributed by atoms with Gasteiger partial charge >= 0.3 is 0 Å². The molecule has 4 rings (SSSR count). The van der Waals surface area contributed by atoms with E-state index in [1.807, 2.05) is 18.5 Å². The van der Waals surface area contributed by atoms with Crippen molar-refractivity contribution >= 4 is 6.47 Å². The zero-order chi connectivity index (χ0) is 20.6. The highest BCUT2D eigenvalue weighted by atomic mass is 16.5. The Morgan fingerprint density at radius 1 is 1.24 bits per heavy atom. The molecule has 1 atom stereocenters. The lowest BCUT2D eigenvalue weighted by atomic mass is 9.88. The van der Waals surface area contributed by atoms with E-state index >= 15 is 0 Å². The van der Waals surface area contributed by atoms with Crippen LogP contribution in [0.4, 0.5) is 0 Å². The third-order valence-corrected chi connectivity index (χ3v) is 4.90. The van der Waals surface area contributed by atoms with Gasteiger partial charge in [0, 0.05) is 37.4 Å². The van der Waals surface area contributed by atoms with E-state index in [2.05, 4.69) is 38.1 Å². The molecule has 0 bridgehead atoms. The maximum atomic E-state index is 8.36.